The second kappa shape index (κ2) is 10.1. The van der Waals surface area contributed by atoms with Gasteiger partial charge in [-0.2, -0.15) is 5.10 Å². The predicted octanol–water partition coefficient (Wildman–Crippen LogP) is 3.30. The number of fused-ring (bicyclic) bond motifs is 1. The summed E-state index contributed by atoms with van der Waals surface area (Å²) in [5.74, 6) is 1.64. The number of pyridine rings is 1. The van der Waals surface area contributed by atoms with Crippen molar-refractivity contribution in [2.45, 2.75) is 25.8 Å². The monoisotopic (exact) mass is 501 g/mol. The summed E-state index contributed by atoms with van der Waals surface area (Å²) in [7, 11) is 3.85. The maximum Gasteiger partial charge on any atom is 0.171 e. The number of piperazine rings is 1. The van der Waals surface area contributed by atoms with Crippen LogP contribution in [-0.2, 0) is 0 Å². The molecular formula is C27H35N9O. The molecule has 10 nitrogen and oxygen atoms in total. The molecule has 0 spiro atoms. The summed E-state index contributed by atoms with van der Waals surface area (Å²) in [6.45, 7) is 9.50. The van der Waals surface area contributed by atoms with Gasteiger partial charge in [0, 0.05) is 74.5 Å². The molecule has 2 aliphatic heterocycles. The number of hydrogen-bond acceptors (Lipinski definition) is 8. The molecule has 0 unspecified atom stereocenters. The van der Waals surface area contributed by atoms with E-state index in [1.165, 1.54) is 0 Å². The zero-order valence-corrected chi connectivity index (χ0v) is 21.9. The van der Waals surface area contributed by atoms with Crippen LogP contribution in [0.4, 0.5) is 5.82 Å². The first kappa shape index (κ1) is 23.9. The Kier molecular flexibility index (Phi) is 6.52. The largest absolute Gasteiger partial charge is 0.493 e. The summed E-state index contributed by atoms with van der Waals surface area (Å²) in [5, 5.41) is 4.72. The third-order valence-electron chi connectivity index (χ3n) is 7.82. The lowest BCUT2D eigenvalue weighted by Gasteiger charge is -2.33. The van der Waals surface area contributed by atoms with Crippen LogP contribution < -0.4 is 9.64 Å². The first-order chi connectivity index (χ1) is 18.1. The fourth-order valence-electron chi connectivity index (χ4n) is 5.41. The Morgan fingerprint density at radius 2 is 1.81 bits per heavy atom. The number of anilines is 1. The van der Waals surface area contributed by atoms with Crippen LogP contribution in [0.3, 0.4) is 0 Å². The minimum Gasteiger partial charge on any atom is -0.493 e. The molecule has 37 heavy (non-hydrogen) atoms. The van der Waals surface area contributed by atoms with Crippen molar-refractivity contribution in [2.24, 2.45) is 0 Å². The molecule has 10 heteroatoms. The van der Waals surface area contributed by atoms with Gasteiger partial charge in [-0.05, 0) is 32.5 Å². The number of rotatable bonds is 6. The SMILES string of the molecule is CCN1CCC(n2cc(-c3c[nH]c4ncc(-c5cnc(N6CCN(C)CC6)c(OC)c5)nc34)cn2)CC1. The van der Waals surface area contributed by atoms with Crippen LogP contribution >= 0.6 is 0 Å². The molecule has 0 aliphatic carbocycles. The van der Waals surface area contributed by atoms with Crippen molar-refractivity contribution >= 4 is 17.0 Å². The maximum atomic E-state index is 5.74. The highest BCUT2D eigenvalue weighted by Gasteiger charge is 2.22. The third-order valence-corrected chi connectivity index (χ3v) is 7.82. The van der Waals surface area contributed by atoms with Gasteiger partial charge < -0.3 is 24.4 Å². The summed E-state index contributed by atoms with van der Waals surface area (Å²) in [4.78, 5) is 24.8. The summed E-state index contributed by atoms with van der Waals surface area (Å²) < 4.78 is 7.87. The number of ether oxygens (including phenoxy) is 1. The Bertz CT molecular complexity index is 1360. The average Bonchev–Trinajstić information content (AvgIpc) is 3.60. The fraction of sp³-hybridized carbons (Fsp3) is 0.481. The highest BCUT2D eigenvalue weighted by atomic mass is 16.5. The number of aromatic amines is 1. The number of H-pyrrole nitrogens is 1. The maximum absolute atomic E-state index is 5.74. The second-order valence-corrected chi connectivity index (χ2v) is 10.1. The van der Waals surface area contributed by atoms with E-state index < -0.39 is 0 Å². The quantitative estimate of drug-likeness (QED) is 0.430. The van der Waals surface area contributed by atoms with E-state index in [0.717, 1.165) is 104 Å². The smallest absolute Gasteiger partial charge is 0.171 e. The number of likely N-dealkylation sites (N-methyl/N-ethyl adjacent to an activating group) is 1. The summed E-state index contributed by atoms with van der Waals surface area (Å²) in [5.41, 5.74) is 5.31. The molecule has 0 saturated carbocycles. The van der Waals surface area contributed by atoms with Crippen LogP contribution in [-0.4, -0.2) is 99.5 Å². The minimum absolute atomic E-state index is 0.445. The molecule has 6 heterocycles. The van der Waals surface area contributed by atoms with Crippen molar-refractivity contribution in [2.75, 3.05) is 64.9 Å². The molecule has 194 valence electrons. The number of methoxy groups -OCH3 is 1. The fourth-order valence-corrected chi connectivity index (χ4v) is 5.41. The molecule has 2 saturated heterocycles. The Morgan fingerprint density at radius 1 is 1.00 bits per heavy atom. The molecule has 0 radical (unpaired) electrons. The van der Waals surface area contributed by atoms with Crippen molar-refractivity contribution in [1.29, 1.82) is 0 Å². The lowest BCUT2D eigenvalue weighted by molar-refractivity contribution is 0.187. The Morgan fingerprint density at radius 3 is 2.57 bits per heavy atom. The van der Waals surface area contributed by atoms with E-state index in [1.807, 2.05) is 24.7 Å². The number of nitrogens with zero attached hydrogens (tertiary/aromatic N) is 8. The van der Waals surface area contributed by atoms with E-state index in [1.54, 1.807) is 13.3 Å². The molecule has 0 atom stereocenters. The number of likely N-dealkylation sites (tertiary alicyclic amines) is 1. The van der Waals surface area contributed by atoms with Gasteiger partial charge in [-0.15, -0.1) is 0 Å². The molecule has 2 aliphatic rings. The Hall–Kier alpha value is -3.50. The highest BCUT2D eigenvalue weighted by molar-refractivity contribution is 5.91. The molecular weight excluding hydrogens is 466 g/mol. The van der Waals surface area contributed by atoms with Gasteiger partial charge in [0.2, 0.25) is 0 Å². The summed E-state index contributed by atoms with van der Waals surface area (Å²) in [6, 6.07) is 2.46. The third kappa shape index (κ3) is 4.67. The molecule has 0 aromatic carbocycles. The first-order valence-electron chi connectivity index (χ1n) is 13.2. The predicted molar refractivity (Wildman–Crippen MR) is 145 cm³/mol. The molecule has 4 aromatic heterocycles. The van der Waals surface area contributed by atoms with Crippen molar-refractivity contribution < 1.29 is 4.74 Å². The molecule has 2 fully saturated rings. The topological polar surface area (TPSA) is 91.2 Å². The zero-order valence-electron chi connectivity index (χ0n) is 21.9. The number of aromatic nitrogens is 6. The van der Waals surface area contributed by atoms with E-state index >= 15 is 0 Å². The van der Waals surface area contributed by atoms with Gasteiger partial charge in [0.15, 0.2) is 17.2 Å². The number of piperidine rings is 1. The minimum atomic E-state index is 0.445. The van der Waals surface area contributed by atoms with Gasteiger partial charge in [-0.25, -0.2) is 15.0 Å². The van der Waals surface area contributed by atoms with Crippen molar-refractivity contribution in [3.63, 3.8) is 0 Å². The van der Waals surface area contributed by atoms with E-state index in [4.69, 9.17) is 19.8 Å². The standard InChI is InChI=1S/C27H35N9O/c1-4-34-7-5-21(6-8-34)36-18-20(15-31-36)22-16-28-26-25(22)32-23(17-29-26)19-13-24(37-3)27(30-14-19)35-11-9-33(2)10-12-35/h13-18,21H,4-12H2,1-3H3,(H,28,29). The normalized spacial score (nSPS) is 18.1. The van der Waals surface area contributed by atoms with Crippen LogP contribution in [0.2, 0.25) is 0 Å². The van der Waals surface area contributed by atoms with Crippen LogP contribution in [0.1, 0.15) is 25.8 Å². The Labute approximate surface area is 217 Å². The zero-order chi connectivity index (χ0) is 25.4. The molecule has 6 rings (SSSR count). The van der Waals surface area contributed by atoms with Crippen LogP contribution in [0.25, 0.3) is 33.5 Å². The molecule has 1 N–H and O–H groups in total. The molecule has 4 aromatic rings. The van der Waals surface area contributed by atoms with Gasteiger partial charge in [-0.1, -0.05) is 6.92 Å². The number of nitrogens with one attached hydrogen (secondary N) is 1. The van der Waals surface area contributed by atoms with Crippen LogP contribution in [0.15, 0.2) is 37.1 Å². The lowest BCUT2D eigenvalue weighted by atomic mass is 10.1. The number of hydrogen-bond donors (Lipinski definition) is 1. The molecule has 0 bridgehead atoms. The van der Waals surface area contributed by atoms with Crippen molar-refractivity contribution in [3.05, 3.63) is 37.1 Å². The summed E-state index contributed by atoms with van der Waals surface area (Å²) >= 11 is 0. The van der Waals surface area contributed by atoms with E-state index in [9.17, 15) is 0 Å². The summed E-state index contributed by atoms with van der Waals surface area (Å²) in [6.07, 6.45) is 12.0. The van der Waals surface area contributed by atoms with E-state index in [2.05, 4.69) is 49.5 Å². The van der Waals surface area contributed by atoms with Crippen molar-refractivity contribution in [3.8, 4) is 28.1 Å². The molecule has 0 amide bonds. The Balaban J connectivity index is 1.27. The van der Waals surface area contributed by atoms with Crippen molar-refractivity contribution in [1.82, 2.24) is 39.5 Å². The van der Waals surface area contributed by atoms with Gasteiger partial charge in [0.25, 0.3) is 0 Å². The highest BCUT2D eigenvalue weighted by Crippen LogP contribution is 2.33. The van der Waals surface area contributed by atoms with Gasteiger partial charge in [0.05, 0.1) is 31.2 Å². The lowest BCUT2D eigenvalue weighted by Crippen LogP contribution is -2.44. The average molecular weight is 502 g/mol. The van der Waals surface area contributed by atoms with Gasteiger partial charge >= 0.3 is 0 Å². The van der Waals surface area contributed by atoms with E-state index in [-0.39, 0.29) is 0 Å². The van der Waals surface area contributed by atoms with Gasteiger partial charge in [0.1, 0.15) is 5.52 Å². The van der Waals surface area contributed by atoms with Crippen LogP contribution in [0, 0.1) is 0 Å². The first-order valence-corrected chi connectivity index (χ1v) is 13.2. The second-order valence-electron chi connectivity index (χ2n) is 10.1. The van der Waals surface area contributed by atoms with Crippen LogP contribution in [0.5, 0.6) is 5.75 Å². The van der Waals surface area contributed by atoms with Gasteiger partial charge in [-0.3, -0.25) is 4.68 Å². The van der Waals surface area contributed by atoms with E-state index in [0.29, 0.717) is 6.04 Å².